The van der Waals surface area contributed by atoms with E-state index in [9.17, 15) is 13.2 Å². The second-order valence-corrected chi connectivity index (χ2v) is 4.92. The van der Waals surface area contributed by atoms with E-state index in [0.717, 1.165) is 6.07 Å². The van der Waals surface area contributed by atoms with Crippen molar-refractivity contribution < 1.29 is 17.9 Å². The maximum absolute atomic E-state index is 13.0. The van der Waals surface area contributed by atoms with Crippen molar-refractivity contribution in [2.24, 2.45) is 0 Å². The third-order valence-electron chi connectivity index (χ3n) is 2.90. The lowest BCUT2D eigenvalue weighted by Crippen LogP contribution is -2.37. The number of nitrogens with one attached hydrogen (secondary N) is 2. The zero-order valence-electron chi connectivity index (χ0n) is 11.9. The lowest BCUT2D eigenvalue weighted by Gasteiger charge is -2.28. The molecule has 0 atom stereocenters. The van der Waals surface area contributed by atoms with E-state index in [4.69, 9.17) is 17.0 Å². The first-order valence-corrected chi connectivity index (χ1v) is 7.15. The Kier molecular flexibility index (Phi) is 5.35. The molecule has 0 radical (unpaired) electrons. The average molecular weight is 335 g/mol. The lowest BCUT2D eigenvalue weighted by molar-refractivity contribution is -0.141. The number of ether oxygens (including phenoxy) is 1. The van der Waals surface area contributed by atoms with Gasteiger partial charge in [-0.15, -0.1) is 0 Å². The molecule has 0 amide bonds. The van der Waals surface area contributed by atoms with Crippen LogP contribution in [0.4, 0.5) is 24.9 Å². The standard InChI is InChI=1S/C12H16F3N5OS/c1-2-16-11(22)19-10-17-8(12(13,14)15)7-9(18-10)20-3-5-21-6-4-20/h7H,2-6H2,1H3,(H2,16,17,18,19,22). The van der Waals surface area contributed by atoms with Crippen LogP contribution >= 0.6 is 12.2 Å². The van der Waals surface area contributed by atoms with Crippen LogP contribution in [0.3, 0.4) is 0 Å². The summed E-state index contributed by atoms with van der Waals surface area (Å²) in [6.45, 7) is 4.21. The summed E-state index contributed by atoms with van der Waals surface area (Å²) in [4.78, 5) is 9.33. The summed E-state index contributed by atoms with van der Waals surface area (Å²) < 4.78 is 44.2. The fraction of sp³-hybridized carbons (Fsp3) is 0.583. The van der Waals surface area contributed by atoms with Crippen molar-refractivity contribution in [3.8, 4) is 0 Å². The van der Waals surface area contributed by atoms with Crippen LogP contribution in [-0.4, -0.2) is 47.9 Å². The second kappa shape index (κ2) is 7.05. The largest absolute Gasteiger partial charge is 0.433 e. The van der Waals surface area contributed by atoms with Gasteiger partial charge in [0.05, 0.1) is 13.2 Å². The maximum atomic E-state index is 13.0. The van der Waals surface area contributed by atoms with Crippen molar-refractivity contribution in [2.75, 3.05) is 43.1 Å². The number of nitrogens with zero attached hydrogens (tertiary/aromatic N) is 3. The van der Waals surface area contributed by atoms with Gasteiger partial charge in [0.15, 0.2) is 10.8 Å². The SMILES string of the molecule is CCNC(=S)Nc1nc(N2CCOCC2)cc(C(F)(F)F)n1. The number of halogens is 3. The Balaban J connectivity index is 2.29. The van der Waals surface area contributed by atoms with Crippen molar-refractivity contribution in [3.63, 3.8) is 0 Å². The quantitative estimate of drug-likeness (QED) is 0.814. The van der Waals surface area contributed by atoms with Gasteiger partial charge in [0.2, 0.25) is 5.95 Å². The number of morpholine rings is 1. The Morgan fingerprint density at radius 1 is 1.36 bits per heavy atom. The monoisotopic (exact) mass is 335 g/mol. The molecular weight excluding hydrogens is 319 g/mol. The molecule has 1 aliphatic heterocycles. The predicted octanol–water partition coefficient (Wildman–Crippen LogP) is 1.64. The number of thiocarbonyl (C=S) groups is 1. The molecule has 10 heteroatoms. The van der Waals surface area contributed by atoms with Gasteiger partial charge in [-0.1, -0.05) is 0 Å². The molecule has 0 bridgehead atoms. The van der Waals surface area contributed by atoms with Gasteiger partial charge in [-0.3, -0.25) is 0 Å². The van der Waals surface area contributed by atoms with Crippen LogP contribution in [0.5, 0.6) is 0 Å². The minimum Gasteiger partial charge on any atom is -0.378 e. The topological polar surface area (TPSA) is 62.3 Å². The molecule has 1 saturated heterocycles. The van der Waals surface area contributed by atoms with Gasteiger partial charge in [0.25, 0.3) is 0 Å². The van der Waals surface area contributed by atoms with Gasteiger partial charge in [-0.2, -0.15) is 18.2 Å². The first-order chi connectivity index (χ1) is 10.4. The molecule has 122 valence electrons. The van der Waals surface area contributed by atoms with Crippen LogP contribution < -0.4 is 15.5 Å². The molecule has 6 nitrogen and oxygen atoms in total. The van der Waals surface area contributed by atoms with E-state index in [2.05, 4.69) is 20.6 Å². The van der Waals surface area contributed by atoms with Crippen molar-refractivity contribution >= 4 is 29.1 Å². The van der Waals surface area contributed by atoms with Gasteiger partial charge in [0, 0.05) is 25.7 Å². The van der Waals surface area contributed by atoms with E-state index >= 15 is 0 Å². The summed E-state index contributed by atoms with van der Waals surface area (Å²) in [5.41, 5.74) is -1.01. The highest BCUT2D eigenvalue weighted by Gasteiger charge is 2.34. The molecule has 1 aromatic heterocycles. The number of alkyl halides is 3. The van der Waals surface area contributed by atoms with Gasteiger partial charge < -0.3 is 20.3 Å². The number of rotatable bonds is 3. The number of aromatic nitrogens is 2. The highest BCUT2D eigenvalue weighted by atomic mass is 32.1. The van der Waals surface area contributed by atoms with E-state index in [1.165, 1.54) is 0 Å². The van der Waals surface area contributed by atoms with Gasteiger partial charge in [0.1, 0.15) is 5.82 Å². The Hall–Kier alpha value is -1.68. The van der Waals surface area contributed by atoms with Gasteiger partial charge in [-0.25, -0.2) is 4.98 Å². The molecule has 0 aliphatic carbocycles. The first-order valence-electron chi connectivity index (χ1n) is 6.74. The van der Waals surface area contributed by atoms with Crippen LogP contribution in [0.2, 0.25) is 0 Å². The van der Waals surface area contributed by atoms with Crippen molar-refractivity contribution in [2.45, 2.75) is 13.1 Å². The summed E-state index contributed by atoms with van der Waals surface area (Å²) in [7, 11) is 0. The zero-order chi connectivity index (χ0) is 16.2. The fourth-order valence-electron chi connectivity index (χ4n) is 1.90. The zero-order valence-corrected chi connectivity index (χ0v) is 12.7. The molecule has 0 saturated carbocycles. The van der Waals surface area contributed by atoms with E-state index in [1.54, 1.807) is 4.90 Å². The minimum absolute atomic E-state index is 0.176. The molecule has 22 heavy (non-hydrogen) atoms. The van der Waals surface area contributed by atoms with Crippen LogP contribution in [0.15, 0.2) is 6.07 Å². The summed E-state index contributed by atoms with van der Waals surface area (Å²) in [5, 5.41) is 5.53. The molecule has 1 aromatic rings. The predicted molar refractivity (Wildman–Crippen MR) is 80.0 cm³/mol. The van der Waals surface area contributed by atoms with Crippen molar-refractivity contribution in [3.05, 3.63) is 11.8 Å². The van der Waals surface area contributed by atoms with Crippen LogP contribution in [-0.2, 0) is 10.9 Å². The molecule has 0 spiro atoms. The minimum atomic E-state index is -4.56. The van der Waals surface area contributed by atoms with Gasteiger partial charge in [-0.05, 0) is 19.1 Å². The van der Waals surface area contributed by atoms with E-state index in [-0.39, 0.29) is 16.9 Å². The Morgan fingerprint density at radius 3 is 2.64 bits per heavy atom. The average Bonchev–Trinajstić information content (AvgIpc) is 2.47. The lowest BCUT2D eigenvalue weighted by atomic mass is 10.3. The molecule has 2 rings (SSSR count). The number of anilines is 2. The molecular formula is C12H16F3N5OS. The number of hydrogen-bond donors (Lipinski definition) is 2. The Morgan fingerprint density at radius 2 is 2.05 bits per heavy atom. The first kappa shape index (κ1) is 16.7. The normalized spacial score (nSPS) is 15.5. The highest BCUT2D eigenvalue weighted by molar-refractivity contribution is 7.80. The summed E-state index contributed by atoms with van der Waals surface area (Å²) in [6, 6.07) is 0.937. The molecule has 2 N–H and O–H groups in total. The smallest absolute Gasteiger partial charge is 0.378 e. The van der Waals surface area contributed by atoms with E-state index in [1.807, 2.05) is 6.92 Å². The molecule has 2 heterocycles. The Bertz CT molecular complexity index is 534. The third-order valence-corrected chi connectivity index (χ3v) is 3.15. The fourth-order valence-corrected chi connectivity index (χ4v) is 2.13. The molecule has 1 aliphatic rings. The molecule has 0 aromatic carbocycles. The summed E-state index contributed by atoms with van der Waals surface area (Å²) in [6.07, 6.45) is -4.56. The van der Waals surface area contributed by atoms with Crippen LogP contribution in [0, 0.1) is 0 Å². The highest BCUT2D eigenvalue weighted by Crippen LogP contribution is 2.30. The third kappa shape index (κ3) is 4.41. The molecule has 0 unspecified atom stereocenters. The van der Waals surface area contributed by atoms with E-state index in [0.29, 0.717) is 32.8 Å². The van der Waals surface area contributed by atoms with Crippen LogP contribution in [0.25, 0.3) is 0 Å². The maximum Gasteiger partial charge on any atom is 0.433 e. The van der Waals surface area contributed by atoms with Gasteiger partial charge >= 0.3 is 6.18 Å². The second-order valence-electron chi connectivity index (χ2n) is 4.52. The number of hydrogen-bond acceptors (Lipinski definition) is 5. The van der Waals surface area contributed by atoms with E-state index < -0.39 is 11.9 Å². The van der Waals surface area contributed by atoms with Crippen molar-refractivity contribution in [1.29, 1.82) is 0 Å². The molecule has 1 fully saturated rings. The summed E-state index contributed by atoms with van der Waals surface area (Å²) in [5.74, 6) is 0.0229. The van der Waals surface area contributed by atoms with Crippen LogP contribution in [0.1, 0.15) is 12.6 Å². The van der Waals surface area contributed by atoms with Crippen molar-refractivity contribution in [1.82, 2.24) is 15.3 Å². The summed E-state index contributed by atoms with van der Waals surface area (Å²) >= 11 is 4.95. The Labute approximate surface area is 131 Å².